The number of aryl methyl sites for hydroxylation is 2. The summed E-state index contributed by atoms with van der Waals surface area (Å²) >= 11 is 0. The molecule has 0 radical (unpaired) electrons. The molecule has 1 heterocycles. The summed E-state index contributed by atoms with van der Waals surface area (Å²) in [5.41, 5.74) is 1.43. The van der Waals surface area contributed by atoms with Crippen molar-refractivity contribution in [1.29, 1.82) is 0 Å². The highest BCUT2D eigenvalue weighted by Crippen LogP contribution is 2.27. The molecule has 0 spiro atoms. The first-order chi connectivity index (χ1) is 9.61. The van der Waals surface area contributed by atoms with Crippen molar-refractivity contribution >= 4 is 5.91 Å². The van der Waals surface area contributed by atoms with Gasteiger partial charge in [-0.05, 0) is 38.2 Å². The molecule has 0 aromatic carbocycles. The lowest BCUT2D eigenvalue weighted by Gasteiger charge is -2.30. The number of aromatic nitrogens is 2. The maximum Gasteiger partial charge on any atom is 0.269 e. The van der Waals surface area contributed by atoms with E-state index in [2.05, 4.69) is 10.4 Å². The minimum atomic E-state index is -0.0860. The van der Waals surface area contributed by atoms with Crippen molar-refractivity contribution in [3.05, 3.63) is 17.5 Å². The number of hydrogen-bond acceptors (Lipinski definition) is 3. The smallest absolute Gasteiger partial charge is 0.269 e. The number of rotatable bonds is 5. The molecule has 1 aliphatic carbocycles. The van der Waals surface area contributed by atoms with Crippen molar-refractivity contribution in [2.24, 2.45) is 13.0 Å². The van der Waals surface area contributed by atoms with Gasteiger partial charge in [-0.15, -0.1) is 0 Å². The molecule has 112 valence electrons. The monoisotopic (exact) mass is 279 g/mol. The van der Waals surface area contributed by atoms with E-state index >= 15 is 0 Å². The van der Waals surface area contributed by atoms with Crippen molar-refractivity contribution in [1.82, 2.24) is 15.1 Å². The first-order valence-electron chi connectivity index (χ1n) is 7.54. The summed E-state index contributed by atoms with van der Waals surface area (Å²) in [6.07, 6.45) is 6.68. The third-order valence-electron chi connectivity index (χ3n) is 4.21. The van der Waals surface area contributed by atoms with Crippen LogP contribution >= 0.6 is 0 Å². The van der Waals surface area contributed by atoms with Gasteiger partial charge in [0.1, 0.15) is 5.69 Å². The van der Waals surface area contributed by atoms with Crippen molar-refractivity contribution < 1.29 is 9.90 Å². The lowest BCUT2D eigenvalue weighted by Crippen LogP contribution is -2.42. The first-order valence-corrected chi connectivity index (χ1v) is 7.54. The van der Waals surface area contributed by atoms with E-state index in [4.69, 9.17) is 0 Å². The number of carbonyl (C=O) groups is 1. The van der Waals surface area contributed by atoms with E-state index in [0.29, 0.717) is 18.0 Å². The number of hydrogen-bond donors (Lipinski definition) is 2. The molecule has 1 saturated carbocycles. The molecule has 5 nitrogen and oxygen atoms in total. The molecule has 5 heteroatoms. The van der Waals surface area contributed by atoms with Gasteiger partial charge in [0.2, 0.25) is 0 Å². The topological polar surface area (TPSA) is 67.2 Å². The van der Waals surface area contributed by atoms with Crippen LogP contribution in [0.15, 0.2) is 6.07 Å². The van der Waals surface area contributed by atoms with Crippen LogP contribution in [0.25, 0.3) is 0 Å². The van der Waals surface area contributed by atoms with Crippen LogP contribution in [0.4, 0.5) is 0 Å². The average Bonchev–Trinajstić information content (AvgIpc) is 2.78. The minimum absolute atomic E-state index is 0.0722. The Labute approximate surface area is 120 Å². The maximum atomic E-state index is 12.4. The third-order valence-corrected chi connectivity index (χ3v) is 4.21. The summed E-state index contributed by atoms with van der Waals surface area (Å²) in [6, 6.07) is 1.87. The number of amides is 1. The SMILES string of the molecule is Cc1cc(C(=O)NC(CCO)C2CCCCC2)n(C)n1. The molecule has 1 amide bonds. The molecule has 0 aliphatic heterocycles. The second-order valence-corrected chi connectivity index (χ2v) is 5.78. The summed E-state index contributed by atoms with van der Waals surface area (Å²) in [5.74, 6) is 0.409. The maximum absolute atomic E-state index is 12.4. The van der Waals surface area contributed by atoms with Gasteiger partial charge in [-0.3, -0.25) is 9.48 Å². The molecule has 0 saturated heterocycles. The zero-order valence-electron chi connectivity index (χ0n) is 12.4. The van der Waals surface area contributed by atoms with Gasteiger partial charge in [0, 0.05) is 19.7 Å². The van der Waals surface area contributed by atoms with Gasteiger partial charge in [0.25, 0.3) is 5.91 Å². The molecular weight excluding hydrogens is 254 g/mol. The Balaban J connectivity index is 2.03. The summed E-state index contributed by atoms with van der Waals surface area (Å²) in [4.78, 5) is 12.4. The van der Waals surface area contributed by atoms with Gasteiger partial charge >= 0.3 is 0 Å². The van der Waals surface area contributed by atoms with Crippen molar-refractivity contribution in [2.45, 2.75) is 51.5 Å². The van der Waals surface area contributed by atoms with Crippen LogP contribution in [-0.2, 0) is 7.05 Å². The van der Waals surface area contributed by atoms with E-state index in [1.165, 1.54) is 19.3 Å². The van der Waals surface area contributed by atoms with Crippen molar-refractivity contribution in [3.8, 4) is 0 Å². The zero-order chi connectivity index (χ0) is 14.5. The largest absolute Gasteiger partial charge is 0.396 e. The molecule has 1 fully saturated rings. The Morgan fingerprint density at radius 2 is 2.20 bits per heavy atom. The molecule has 1 aromatic rings. The minimum Gasteiger partial charge on any atom is -0.396 e. The standard InChI is InChI=1S/C15H25N3O2/c1-11-10-14(18(2)17-11)15(20)16-13(8-9-19)12-6-4-3-5-7-12/h10,12-13,19H,3-9H2,1-2H3,(H,16,20). The van der Waals surface area contributed by atoms with Crippen molar-refractivity contribution in [2.75, 3.05) is 6.61 Å². The molecule has 1 unspecified atom stereocenters. The Morgan fingerprint density at radius 3 is 2.75 bits per heavy atom. The lowest BCUT2D eigenvalue weighted by molar-refractivity contribution is 0.0890. The van der Waals surface area contributed by atoms with E-state index in [0.717, 1.165) is 18.5 Å². The van der Waals surface area contributed by atoms with Crippen LogP contribution in [-0.4, -0.2) is 33.4 Å². The Kier molecular flexibility index (Phi) is 5.17. The number of aliphatic hydroxyl groups is 1. The molecule has 2 rings (SSSR count). The molecule has 0 bridgehead atoms. The van der Waals surface area contributed by atoms with Gasteiger partial charge in [-0.2, -0.15) is 5.10 Å². The highest BCUT2D eigenvalue weighted by Gasteiger charge is 2.25. The number of nitrogens with zero attached hydrogens (tertiary/aromatic N) is 2. The van der Waals surface area contributed by atoms with Gasteiger partial charge in [-0.1, -0.05) is 19.3 Å². The lowest BCUT2D eigenvalue weighted by atomic mass is 9.82. The number of nitrogens with one attached hydrogen (secondary N) is 1. The quantitative estimate of drug-likeness (QED) is 0.863. The van der Waals surface area contributed by atoms with Gasteiger partial charge in [0.15, 0.2) is 0 Å². The van der Waals surface area contributed by atoms with E-state index in [9.17, 15) is 9.90 Å². The van der Waals surface area contributed by atoms with Crippen molar-refractivity contribution in [3.63, 3.8) is 0 Å². The fourth-order valence-electron chi connectivity index (χ4n) is 3.17. The fourth-order valence-corrected chi connectivity index (χ4v) is 3.17. The van der Waals surface area contributed by atoms with Crippen LogP contribution in [0.5, 0.6) is 0 Å². The van der Waals surface area contributed by atoms with Gasteiger partial charge in [0.05, 0.1) is 5.69 Å². The van der Waals surface area contributed by atoms with Crippen LogP contribution < -0.4 is 5.32 Å². The molecule has 2 N–H and O–H groups in total. The Hall–Kier alpha value is -1.36. The molecule has 20 heavy (non-hydrogen) atoms. The third kappa shape index (κ3) is 3.60. The second-order valence-electron chi connectivity index (χ2n) is 5.78. The molecule has 1 aliphatic rings. The Bertz CT molecular complexity index is 450. The predicted octanol–water partition coefficient (Wildman–Crippen LogP) is 1.79. The van der Waals surface area contributed by atoms with E-state index in [1.807, 2.05) is 6.92 Å². The molecule has 1 aromatic heterocycles. The summed E-state index contributed by atoms with van der Waals surface area (Å²) in [5, 5.41) is 16.5. The highest BCUT2D eigenvalue weighted by molar-refractivity contribution is 5.92. The molecule has 1 atom stereocenters. The first kappa shape index (κ1) is 15.0. The predicted molar refractivity (Wildman–Crippen MR) is 77.5 cm³/mol. The zero-order valence-corrected chi connectivity index (χ0v) is 12.4. The fraction of sp³-hybridized carbons (Fsp3) is 0.733. The second kappa shape index (κ2) is 6.88. The summed E-state index contributed by atoms with van der Waals surface area (Å²) in [6.45, 7) is 2.00. The van der Waals surface area contributed by atoms with Crippen LogP contribution in [0.1, 0.15) is 54.7 Å². The summed E-state index contributed by atoms with van der Waals surface area (Å²) < 4.78 is 1.61. The van der Waals surface area contributed by atoms with Crippen LogP contribution in [0, 0.1) is 12.8 Å². The van der Waals surface area contributed by atoms with E-state index in [1.54, 1.807) is 17.8 Å². The average molecular weight is 279 g/mol. The van der Waals surface area contributed by atoms with Gasteiger partial charge < -0.3 is 10.4 Å². The van der Waals surface area contributed by atoms with E-state index in [-0.39, 0.29) is 18.6 Å². The highest BCUT2D eigenvalue weighted by atomic mass is 16.3. The Morgan fingerprint density at radius 1 is 1.50 bits per heavy atom. The van der Waals surface area contributed by atoms with Gasteiger partial charge in [-0.25, -0.2) is 0 Å². The van der Waals surface area contributed by atoms with E-state index < -0.39 is 0 Å². The van der Waals surface area contributed by atoms with Crippen LogP contribution in [0.3, 0.4) is 0 Å². The molecular formula is C15H25N3O2. The van der Waals surface area contributed by atoms with Crippen LogP contribution in [0.2, 0.25) is 0 Å². The normalized spacial score (nSPS) is 17.9. The number of aliphatic hydroxyl groups excluding tert-OH is 1. The number of carbonyl (C=O) groups excluding carboxylic acids is 1. The summed E-state index contributed by atoms with van der Waals surface area (Å²) in [7, 11) is 1.78.